The second-order valence-corrected chi connectivity index (χ2v) is 6.93. The van der Waals surface area contributed by atoms with Crippen LogP contribution in [-0.2, 0) is 4.79 Å². The highest BCUT2D eigenvalue weighted by molar-refractivity contribution is 5.91. The van der Waals surface area contributed by atoms with Gasteiger partial charge < -0.3 is 15.0 Å². The van der Waals surface area contributed by atoms with Crippen LogP contribution < -0.4 is 15.5 Å². The summed E-state index contributed by atoms with van der Waals surface area (Å²) in [5.41, 5.74) is 4.87. The number of nitrogens with one attached hydrogen (secondary N) is 3. The molecule has 0 aliphatic rings. The summed E-state index contributed by atoms with van der Waals surface area (Å²) in [6.07, 6.45) is 1.48. The number of nitrogens with zero attached hydrogens (tertiary/aromatic N) is 2. The van der Waals surface area contributed by atoms with E-state index in [9.17, 15) is 9.18 Å². The molecule has 0 spiro atoms. The van der Waals surface area contributed by atoms with E-state index in [2.05, 4.69) is 20.3 Å². The Bertz CT molecular complexity index is 1190. The van der Waals surface area contributed by atoms with Crippen LogP contribution in [-0.4, -0.2) is 32.7 Å². The molecule has 158 valence electrons. The first-order valence-electron chi connectivity index (χ1n) is 9.55. The molecule has 0 saturated carbocycles. The average molecular weight is 421 g/mol. The van der Waals surface area contributed by atoms with Crippen LogP contribution in [0, 0.1) is 5.82 Å². The van der Waals surface area contributed by atoms with Gasteiger partial charge in [0.15, 0.2) is 6.61 Å². The Morgan fingerprint density at radius 3 is 2.61 bits per heavy atom. The number of aromatic nitrogens is 3. The number of hydroxylamine groups is 1. The quantitative estimate of drug-likeness (QED) is 0.267. The average Bonchev–Trinajstić information content (AvgIpc) is 3.23. The largest absolute Gasteiger partial charge is 0.484 e. The predicted molar refractivity (Wildman–Crippen MR) is 113 cm³/mol. The number of hydrogen-bond acceptors (Lipinski definition) is 6. The van der Waals surface area contributed by atoms with Gasteiger partial charge in [0, 0.05) is 11.7 Å². The van der Waals surface area contributed by atoms with Gasteiger partial charge in [-0.25, -0.2) is 19.8 Å². The van der Waals surface area contributed by atoms with Crippen molar-refractivity contribution in [2.24, 2.45) is 0 Å². The maximum Gasteiger partial charge on any atom is 0.281 e. The summed E-state index contributed by atoms with van der Waals surface area (Å²) in [5.74, 6) is 0.259. The van der Waals surface area contributed by atoms with E-state index in [1.807, 2.05) is 25.1 Å². The van der Waals surface area contributed by atoms with E-state index in [1.165, 1.54) is 23.9 Å². The molecule has 1 unspecified atom stereocenters. The lowest BCUT2D eigenvalue weighted by Gasteiger charge is -2.15. The van der Waals surface area contributed by atoms with E-state index in [0.717, 1.165) is 22.2 Å². The summed E-state index contributed by atoms with van der Waals surface area (Å²) in [7, 11) is 0. The maximum absolute atomic E-state index is 13.2. The van der Waals surface area contributed by atoms with Gasteiger partial charge in [-0.3, -0.25) is 10.0 Å². The molecule has 2 aromatic heterocycles. The zero-order chi connectivity index (χ0) is 21.8. The molecular formula is C22H20FN5O3. The van der Waals surface area contributed by atoms with Crippen LogP contribution in [0.2, 0.25) is 0 Å². The number of fused-ring (bicyclic) bond motifs is 1. The number of rotatable bonds is 7. The van der Waals surface area contributed by atoms with Crippen molar-refractivity contribution in [2.75, 3.05) is 11.9 Å². The lowest BCUT2D eigenvalue weighted by Crippen LogP contribution is -2.25. The van der Waals surface area contributed by atoms with Gasteiger partial charge in [0.25, 0.3) is 5.91 Å². The number of ether oxygens (including phenoxy) is 1. The van der Waals surface area contributed by atoms with E-state index >= 15 is 0 Å². The number of anilines is 1. The van der Waals surface area contributed by atoms with Gasteiger partial charge in [0.1, 0.15) is 29.4 Å². The molecule has 4 rings (SSSR count). The fourth-order valence-electron chi connectivity index (χ4n) is 3.16. The van der Waals surface area contributed by atoms with Crippen LogP contribution in [0.5, 0.6) is 5.75 Å². The van der Waals surface area contributed by atoms with Gasteiger partial charge in [-0.15, -0.1) is 0 Å². The fourth-order valence-corrected chi connectivity index (χ4v) is 3.16. The van der Waals surface area contributed by atoms with Gasteiger partial charge >= 0.3 is 0 Å². The zero-order valence-corrected chi connectivity index (χ0v) is 16.6. The first-order valence-corrected chi connectivity index (χ1v) is 9.55. The number of halogens is 1. The first kappa shape index (κ1) is 20.3. The highest BCUT2D eigenvalue weighted by Crippen LogP contribution is 2.29. The Labute approximate surface area is 177 Å². The molecule has 1 atom stereocenters. The third-order valence-electron chi connectivity index (χ3n) is 4.81. The number of hydrogen-bond donors (Lipinski definition) is 4. The number of amides is 1. The second-order valence-electron chi connectivity index (χ2n) is 6.93. The van der Waals surface area contributed by atoms with Crippen molar-refractivity contribution in [3.8, 4) is 17.0 Å². The van der Waals surface area contributed by atoms with Crippen molar-refractivity contribution in [1.29, 1.82) is 0 Å². The fraction of sp³-hybridized carbons (Fsp3) is 0.136. The standard InChI is InChI=1S/C22H20FN5O3/c1-13(14-2-6-16(23)7-3-14)26-21-18-10-19(27-22(18)25-12-24-21)15-4-8-17(9-5-15)31-11-20(29)28-30/h2-10,12-13,30H,11H2,1H3,(H,28,29)(H2,24,25,26,27). The van der Waals surface area contributed by atoms with Crippen LogP contribution in [0.3, 0.4) is 0 Å². The molecule has 2 aromatic carbocycles. The number of carbonyl (C=O) groups is 1. The number of benzene rings is 2. The summed E-state index contributed by atoms with van der Waals surface area (Å²) < 4.78 is 18.5. The highest BCUT2D eigenvalue weighted by atomic mass is 19.1. The second kappa shape index (κ2) is 8.80. The number of carbonyl (C=O) groups excluding carboxylic acids is 1. The topological polar surface area (TPSA) is 112 Å². The van der Waals surface area contributed by atoms with E-state index < -0.39 is 5.91 Å². The van der Waals surface area contributed by atoms with Crippen molar-refractivity contribution in [3.63, 3.8) is 0 Å². The minimum Gasteiger partial charge on any atom is -0.484 e. The molecule has 1 amide bonds. The van der Waals surface area contributed by atoms with Crippen LogP contribution in [0.1, 0.15) is 18.5 Å². The van der Waals surface area contributed by atoms with Crippen LogP contribution in [0.15, 0.2) is 60.9 Å². The molecule has 4 aromatic rings. The molecule has 0 aliphatic heterocycles. The van der Waals surface area contributed by atoms with Gasteiger partial charge in [0.2, 0.25) is 0 Å². The summed E-state index contributed by atoms with van der Waals surface area (Å²) >= 11 is 0. The van der Waals surface area contributed by atoms with Crippen LogP contribution >= 0.6 is 0 Å². The normalized spacial score (nSPS) is 11.8. The zero-order valence-electron chi connectivity index (χ0n) is 16.6. The molecule has 0 saturated heterocycles. The third kappa shape index (κ3) is 4.62. The highest BCUT2D eigenvalue weighted by Gasteiger charge is 2.13. The Morgan fingerprint density at radius 2 is 1.90 bits per heavy atom. The Balaban J connectivity index is 1.54. The SMILES string of the molecule is CC(Nc1ncnc2[nH]c(-c3ccc(OCC(=O)NO)cc3)cc12)c1ccc(F)cc1. The summed E-state index contributed by atoms with van der Waals surface area (Å²) in [4.78, 5) is 23.0. The van der Waals surface area contributed by atoms with E-state index in [4.69, 9.17) is 9.94 Å². The molecule has 8 nitrogen and oxygen atoms in total. The van der Waals surface area contributed by atoms with E-state index in [1.54, 1.807) is 24.3 Å². The number of aromatic amines is 1. The van der Waals surface area contributed by atoms with Crippen molar-refractivity contribution in [2.45, 2.75) is 13.0 Å². The maximum atomic E-state index is 13.2. The monoisotopic (exact) mass is 421 g/mol. The van der Waals surface area contributed by atoms with Crippen molar-refractivity contribution in [3.05, 3.63) is 72.3 Å². The minimum atomic E-state index is -0.631. The van der Waals surface area contributed by atoms with Gasteiger partial charge in [0.05, 0.1) is 5.39 Å². The summed E-state index contributed by atoms with van der Waals surface area (Å²) in [6, 6.07) is 15.4. The van der Waals surface area contributed by atoms with E-state index in [-0.39, 0.29) is 18.5 Å². The van der Waals surface area contributed by atoms with Crippen LogP contribution in [0.4, 0.5) is 10.2 Å². The third-order valence-corrected chi connectivity index (χ3v) is 4.81. The lowest BCUT2D eigenvalue weighted by atomic mass is 10.1. The van der Waals surface area contributed by atoms with Crippen molar-refractivity contribution in [1.82, 2.24) is 20.4 Å². The van der Waals surface area contributed by atoms with Gasteiger partial charge in [-0.1, -0.05) is 12.1 Å². The van der Waals surface area contributed by atoms with Crippen molar-refractivity contribution < 1.29 is 19.1 Å². The first-order chi connectivity index (χ1) is 15.0. The smallest absolute Gasteiger partial charge is 0.281 e. The van der Waals surface area contributed by atoms with Crippen molar-refractivity contribution >= 4 is 22.8 Å². The Hall–Kier alpha value is -3.98. The lowest BCUT2D eigenvalue weighted by molar-refractivity contribution is -0.131. The molecule has 0 fully saturated rings. The van der Waals surface area contributed by atoms with Crippen LogP contribution in [0.25, 0.3) is 22.3 Å². The summed E-state index contributed by atoms with van der Waals surface area (Å²) in [5, 5.41) is 12.7. The van der Waals surface area contributed by atoms with E-state index in [0.29, 0.717) is 17.2 Å². The molecule has 31 heavy (non-hydrogen) atoms. The molecule has 0 bridgehead atoms. The molecule has 9 heteroatoms. The Morgan fingerprint density at radius 1 is 1.16 bits per heavy atom. The summed E-state index contributed by atoms with van der Waals surface area (Å²) in [6.45, 7) is 1.70. The molecule has 0 aliphatic carbocycles. The molecule has 2 heterocycles. The minimum absolute atomic E-state index is 0.0791. The molecule has 4 N–H and O–H groups in total. The van der Waals surface area contributed by atoms with Gasteiger partial charge in [-0.2, -0.15) is 0 Å². The Kier molecular flexibility index (Phi) is 5.76. The predicted octanol–water partition coefficient (Wildman–Crippen LogP) is 3.82. The number of H-pyrrole nitrogens is 1. The van der Waals surface area contributed by atoms with Gasteiger partial charge in [-0.05, 0) is 60.5 Å². The molecule has 0 radical (unpaired) electrons. The molecular weight excluding hydrogens is 401 g/mol.